The summed E-state index contributed by atoms with van der Waals surface area (Å²) < 4.78 is 1.51. The van der Waals surface area contributed by atoms with Crippen LogP contribution in [0.5, 0.6) is 0 Å². The summed E-state index contributed by atoms with van der Waals surface area (Å²) >= 11 is 1.57. The molecule has 0 saturated heterocycles. The summed E-state index contributed by atoms with van der Waals surface area (Å²) in [5, 5.41) is 7.69. The summed E-state index contributed by atoms with van der Waals surface area (Å²) in [6.07, 6.45) is 7.96. The number of ketones is 1. The number of Topliss-reactive ketones (excluding diaryl/α,β-unsaturated/α-hetero) is 1. The lowest BCUT2D eigenvalue weighted by molar-refractivity contribution is -0.119. The monoisotopic (exact) mass is 330 g/mol. The zero-order chi connectivity index (χ0) is 16.0. The van der Waals surface area contributed by atoms with Gasteiger partial charge in [-0.2, -0.15) is 5.10 Å². The SMILES string of the molecule is C[C@@H](C(=O)Nc1sc2c(c1C(=O)C1CC1)CCC2)n1cncn1. The number of aromatic nitrogens is 3. The van der Waals surface area contributed by atoms with Crippen molar-refractivity contribution in [1.82, 2.24) is 14.8 Å². The maximum absolute atomic E-state index is 12.7. The minimum Gasteiger partial charge on any atom is -0.315 e. The van der Waals surface area contributed by atoms with Crippen LogP contribution in [0.3, 0.4) is 0 Å². The number of fused-ring (bicyclic) bond motifs is 1. The highest BCUT2D eigenvalue weighted by molar-refractivity contribution is 7.17. The smallest absolute Gasteiger partial charge is 0.249 e. The Labute approximate surface area is 137 Å². The molecule has 23 heavy (non-hydrogen) atoms. The number of rotatable bonds is 5. The molecular weight excluding hydrogens is 312 g/mol. The van der Waals surface area contributed by atoms with Crippen LogP contribution in [0, 0.1) is 5.92 Å². The molecule has 0 aromatic carbocycles. The number of nitrogens with zero attached hydrogens (tertiary/aromatic N) is 3. The highest BCUT2D eigenvalue weighted by atomic mass is 32.1. The van der Waals surface area contributed by atoms with Crippen molar-refractivity contribution in [1.29, 1.82) is 0 Å². The Morgan fingerprint density at radius 3 is 2.91 bits per heavy atom. The van der Waals surface area contributed by atoms with Gasteiger partial charge in [-0.15, -0.1) is 11.3 Å². The molecule has 1 amide bonds. The minimum atomic E-state index is -0.460. The van der Waals surface area contributed by atoms with Crippen molar-refractivity contribution in [3.63, 3.8) is 0 Å². The molecule has 2 aromatic heterocycles. The topological polar surface area (TPSA) is 76.9 Å². The van der Waals surface area contributed by atoms with E-state index in [9.17, 15) is 9.59 Å². The van der Waals surface area contributed by atoms with Crippen LogP contribution in [0.1, 0.15) is 53.0 Å². The number of hydrogen-bond donors (Lipinski definition) is 1. The fraction of sp³-hybridized carbons (Fsp3) is 0.500. The second-order valence-corrected chi connectivity index (χ2v) is 7.35. The molecule has 1 saturated carbocycles. The van der Waals surface area contributed by atoms with Crippen molar-refractivity contribution in [2.24, 2.45) is 5.92 Å². The molecule has 6 nitrogen and oxygen atoms in total. The molecule has 2 aliphatic carbocycles. The zero-order valence-corrected chi connectivity index (χ0v) is 13.7. The predicted molar refractivity (Wildman–Crippen MR) is 86.8 cm³/mol. The fourth-order valence-corrected chi connectivity index (χ4v) is 4.35. The van der Waals surface area contributed by atoms with Crippen LogP contribution >= 0.6 is 11.3 Å². The number of aryl methyl sites for hydroxylation is 1. The van der Waals surface area contributed by atoms with Gasteiger partial charge in [0.15, 0.2) is 5.78 Å². The van der Waals surface area contributed by atoms with Crippen molar-refractivity contribution in [2.45, 2.75) is 45.1 Å². The first-order chi connectivity index (χ1) is 11.1. The maximum Gasteiger partial charge on any atom is 0.249 e. The molecule has 1 N–H and O–H groups in total. The van der Waals surface area contributed by atoms with E-state index in [-0.39, 0.29) is 17.6 Å². The molecule has 2 aliphatic rings. The van der Waals surface area contributed by atoms with E-state index in [2.05, 4.69) is 15.4 Å². The molecule has 7 heteroatoms. The predicted octanol–water partition coefficient (Wildman–Crippen LogP) is 2.62. The Balaban J connectivity index is 1.61. The normalized spacial score (nSPS) is 17.8. The molecule has 1 fully saturated rings. The fourth-order valence-electron chi connectivity index (χ4n) is 3.06. The third-order valence-corrected chi connectivity index (χ3v) is 5.77. The van der Waals surface area contributed by atoms with Gasteiger partial charge in [0.25, 0.3) is 0 Å². The lowest BCUT2D eigenvalue weighted by atomic mass is 10.0. The van der Waals surface area contributed by atoms with Crippen LogP contribution in [0.15, 0.2) is 12.7 Å². The summed E-state index contributed by atoms with van der Waals surface area (Å²) in [4.78, 5) is 30.3. The van der Waals surface area contributed by atoms with Crippen LogP contribution in [0.25, 0.3) is 0 Å². The van der Waals surface area contributed by atoms with E-state index in [1.807, 2.05) is 0 Å². The molecule has 2 aromatic rings. The number of thiophene rings is 1. The van der Waals surface area contributed by atoms with Crippen LogP contribution in [0.4, 0.5) is 5.00 Å². The number of carbonyl (C=O) groups is 2. The Morgan fingerprint density at radius 2 is 2.22 bits per heavy atom. The van der Waals surface area contributed by atoms with Crippen molar-refractivity contribution in [2.75, 3.05) is 5.32 Å². The largest absolute Gasteiger partial charge is 0.315 e. The first-order valence-corrected chi connectivity index (χ1v) is 8.80. The molecule has 0 unspecified atom stereocenters. The Bertz CT molecular complexity index is 761. The van der Waals surface area contributed by atoms with E-state index in [1.54, 1.807) is 18.3 Å². The van der Waals surface area contributed by atoms with Gasteiger partial charge in [-0.25, -0.2) is 9.67 Å². The summed E-state index contributed by atoms with van der Waals surface area (Å²) in [6, 6.07) is -0.460. The standard InChI is InChI=1S/C16H18N4O2S/c1-9(20-8-17-7-18-20)15(22)19-16-13(14(21)10-5-6-10)11-3-2-4-12(11)23-16/h7-10H,2-6H2,1H3,(H,19,22)/t9-/m0/s1. The van der Waals surface area contributed by atoms with Crippen molar-refractivity contribution >= 4 is 28.0 Å². The molecule has 0 aliphatic heterocycles. The van der Waals surface area contributed by atoms with Gasteiger partial charge in [-0.1, -0.05) is 0 Å². The summed E-state index contributed by atoms with van der Waals surface area (Å²) in [6.45, 7) is 1.77. The number of nitrogens with one attached hydrogen (secondary N) is 1. The minimum absolute atomic E-state index is 0.165. The summed E-state index contributed by atoms with van der Waals surface area (Å²) in [5.41, 5.74) is 1.96. The number of hydrogen-bond acceptors (Lipinski definition) is 5. The van der Waals surface area contributed by atoms with Gasteiger partial charge in [0.1, 0.15) is 23.7 Å². The Kier molecular flexibility index (Phi) is 3.52. The van der Waals surface area contributed by atoms with Crippen molar-refractivity contribution in [3.8, 4) is 0 Å². The highest BCUT2D eigenvalue weighted by Gasteiger charge is 2.36. The van der Waals surface area contributed by atoms with E-state index < -0.39 is 6.04 Å². The van der Waals surface area contributed by atoms with Crippen LogP contribution in [0.2, 0.25) is 0 Å². The number of anilines is 1. The van der Waals surface area contributed by atoms with Gasteiger partial charge in [-0.3, -0.25) is 9.59 Å². The van der Waals surface area contributed by atoms with Crippen LogP contribution in [-0.4, -0.2) is 26.5 Å². The molecular formula is C16H18N4O2S. The molecule has 120 valence electrons. The van der Waals surface area contributed by atoms with Gasteiger partial charge >= 0.3 is 0 Å². The van der Waals surface area contributed by atoms with Crippen LogP contribution < -0.4 is 5.32 Å². The van der Waals surface area contributed by atoms with Crippen LogP contribution in [-0.2, 0) is 17.6 Å². The first kappa shape index (κ1) is 14.6. The number of carbonyl (C=O) groups excluding carboxylic acids is 2. The molecule has 1 atom stereocenters. The van der Waals surface area contributed by atoms with E-state index in [0.29, 0.717) is 0 Å². The zero-order valence-electron chi connectivity index (χ0n) is 12.9. The van der Waals surface area contributed by atoms with Gasteiger partial charge in [0.05, 0.1) is 5.56 Å². The molecule has 0 bridgehead atoms. The van der Waals surface area contributed by atoms with E-state index in [0.717, 1.165) is 42.7 Å². The van der Waals surface area contributed by atoms with Gasteiger partial charge in [0, 0.05) is 10.8 Å². The third-order valence-electron chi connectivity index (χ3n) is 4.57. The number of amides is 1. The van der Waals surface area contributed by atoms with E-state index in [4.69, 9.17) is 0 Å². The average molecular weight is 330 g/mol. The Hall–Kier alpha value is -2.02. The second kappa shape index (κ2) is 5.56. The first-order valence-electron chi connectivity index (χ1n) is 7.99. The van der Waals surface area contributed by atoms with Crippen molar-refractivity contribution < 1.29 is 9.59 Å². The average Bonchev–Trinajstić information content (AvgIpc) is 2.95. The highest BCUT2D eigenvalue weighted by Crippen LogP contribution is 2.43. The Morgan fingerprint density at radius 1 is 1.39 bits per heavy atom. The van der Waals surface area contributed by atoms with Gasteiger partial charge < -0.3 is 5.32 Å². The molecule has 2 heterocycles. The molecule has 0 spiro atoms. The van der Waals surface area contributed by atoms with Gasteiger partial charge in [-0.05, 0) is 44.6 Å². The maximum atomic E-state index is 12.7. The molecule has 4 rings (SSSR count). The quantitative estimate of drug-likeness (QED) is 0.855. The van der Waals surface area contributed by atoms with E-state index >= 15 is 0 Å². The molecule has 0 radical (unpaired) electrons. The summed E-state index contributed by atoms with van der Waals surface area (Å²) in [7, 11) is 0. The van der Waals surface area contributed by atoms with Gasteiger partial charge in [0.2, 0.25) is 5.91 Å². The lowest BCUT2D eigenvalue weighted by Crippen LogP contribution is -2.24. The third kappa shape index (κ3) is 2.59. The van der Waals surface area contributed by atoms with E-state index in [1.165, 1.54) is 27.8 Å². The lowest BCUT2D eigenvalue weighted by Gasteiger charge is -2.12. The van der Waals surface area contributed by atoms with Crippen molar-refractivity contribution in [3.05, 3.63) is 28.7 Å². The second-order valence-electron chi connectivity index (χ2n) is 6.24. The summed E-state index contributed by atoms with van der Waals surface area (Å²) in [5.74, 6) is 0.214.